The molecule has 0 saturated carbocycles. The molecule has 4 heteroatoms. The van der Waals surface area contributed by atoms with Gasteiger partial charge in [0.25, 0.3) is 11.8 Å². The quantitative estimate of drug-likeness (QED) is 0.426. The summed E-state index contributed by atoms with van der Waals surface area (Å²) in [6.07, 6.45) is 12.2. The summed E-state index contributed by atoms with van der Waals surface area (Å²) >= 11 is 0. The molecule has 0 saturated heterocycles. The van der Waals surface area contributed by atoms with Crippen LogP contribution < -0.4 is 0 Å². The van der Waals surface area contributed by atoms with E-state index in [4.69, 9.17) is 0 Å². The van der Waals surface area contributed by atoms with Gasteiger partial charge in [0.05, 0.1) is 0 Å². The number of hydrogen-bond donors (Lipinski definition) is 0. The Morgan fingerprint density at radius 3 is 1.74 bits per heavy atom. The van der Waals surface area contributed by atoms with Gasteiger partial charge >= 0.3 is 0 Å². The first-order chi connectivity index (χ1) is 10.8. The van der Waals surface area contributed by atoms with Gasteiger partial charge in [-0.2, -0.15) is 0 Å². The Hall–Kier alpha value is -1.45. The second-order valence-electron chi connectivity index (χ2n) is 7.41. The summed E-state index contributed by atoms with van der Waals surface area (Å²) in [6, 6.07) is 0. The maximum absolute atomic E-state index is 11.8. The average molecular weight is 321 g/mol. The van der Waals surface area contributed by atoms with Crippen LogP contribution in [0.2, 0.25) is 0 Å². The lowest BCUT2D eigenvalue weighted by Gasteiger charge is -2.16. The second-order valence-corrected chi connectivity index (χ2v) is 7.41. The summed E-state index contributed by atoms with van der Waals surface area (Å²) in [5.41, 5.74) is -0.201. The van der Waals surface area contributed by atoms with Crippen LogP contribution in [0.25, 0.3) is 0 Å². The van der Waals surface area contributed by atoms with Crippen LogP contribution in [-0.4, -0.2) is 29.0 Å². The minimum Gasteiger partial charge on any atom is -0.299 e. The van der Waals surface area contributed by atoms with Crippen LogP contribution in [0.3, 0.4) is 0 Å². The van der Waals surface area contributed by atoms with E-state index >= 15 is 0 Å². The summed E-state index contributed by atoms with van der Waals surface area (Å²) < 4.78 is 0. The van der Waals surface area contributed by atoms with E-state index in [1.807, 2.05) is 20.8 Å². The van der Waals surface area contributed by atoms with Crippen molar-refractivity contribution in [2.75, 3.05) is 6.54 Å². The third-order valence-electron chi connectivity index (χ3n) is 4.27. The molecule has 1 aliphatic rings. The van der Waals surface area contributed by atoms with Crippen molar-refractivity contribution >= 4 is 17.6 Å². The van der Waals surface area contributed by atoms with Crippen molar-refractivity contribution in [1.82, 2.24) is 4.90 Å². The molecule has 4 nitrogen and oxygen atoms in total. The Kier molecular flexibility index (Phi) is 8.21. The van der Waals surface area contributed by atoms with Crippen molar-refractivity contribution in [1.29, 1.82) is 0 Å². The molecule has 0 N–H and O–H groups in total. The molecule has 0 bridgehead atoms. The fourth-order valence-corrected chi connectivity index (χ4v) is 2.64. The Morgan fingerprint density at radius 2 is 1.26 bits per heavy atom. The number of unbranched alkanes of at least 4 members (excludes halogenated alkanes) is 7. The first-order valence-corrected chi connectivity index (χ1v) is 8.89. The van der Waals surface area contributed by atoms with E-state index in [-0.39, 0.29) is 17.2 Å². The van der Waals surface area contributed by atoms with Gasteiger partial charge in [-0.25, -0.2) is 0 Å². The second kappa shape index (κ2) is 9.64. The normalized spacial score (nSPS) is 14.8. The predicted octanol–water partition coefficient (Wildman–Crippen LogP) is 4.04. The van der Waals surface area contributed by atoms with Crippen LogP contribution in [0.15, 0.2) is 12.2 Å². The zero-order chi connectivity index (χ0) is 17.3. The van der Waals surface area contributed by atoms with Gasteiger partial charge in [0.15, 0.2) is 0 Å². The summed E-state index contributed by atoms with van der Waals surface area (Å²) in [6.45, 7) is 6.48. The highest BCUT2D eigenvalue weighted by Gasteiger charge is 2.22. The Morgan fingerprint density at radius 1 is 0.826 bits per heavy atom. The molecular formula is C19H31NO3. The van der Waals surface area contributed by atoms with Crippen LogP contribution in [0.5, 0.6) is 0 Å². The van der Waals surface area contributed by atoms with Gasteiger partial charge < -0.3 is 0 Å². The molecule has 1 heterocycles. The highest BCUT2D eigenvalue weighted by molar-refractivity contribution is 6.12. The number of rotatable bonds is 11. The maximum Gasteiger partial charge on any atom is 0.253 e. The number of imide groups is 1. The minimum atomic E-state index is -0.201. The van der Waals surface area contributed by atoms with Gasteiger partial charge in [0.2, 0.25) is 0 Å². The molecule has 23 heavy (non-hydrogen) atoms. The van der Waals surface area contributed by atoms with Crippen molar-refractivity contribution in [2.24, 2.45) is 5.41 Å². The average Bonchev–Trinajstić information content (AvgIpc) is 2.79. The van der Waals surface area contributed by atoms with Gasteiger partial charge in [-0.1, -0.05) is 59.3 Å². The molecular weight excluding hydrogens is 290 g/mol. The van der Waals surface area contributed by atoms with Gasteiger partial charge in [-0.05, 0) is 12.8 Å². The molecule has 2 amide bonds. The molecule has 0 fully saturated rings. The van der Waals surface area contributed by atoms with E-state index < -0.39 is 0 Å². The van der Waals surface area contributed by atoms with Crippen LogP contribution in [0.1, 0.15) is 78.6 Å². The van der Waals surface area contributed by atoms with Gasteiger partial charge in [-0.3, -0.25) is 19.3 Å². The zero-order valence-electron chi connectivity index (χ0n) is 14.9. The largest absolute Gasteiger partial charge is 0.299 e. The summed E-state index contributed by atoms with van der Waals surface area (Å²) in [7, 11) is 0. The van der Waals surface area contributed by atoms with Gasteiger partial charge in [0.1, 0.15) is 5.78 Å². The standard InChI is InChI=1S/C19H31NO3/c1-19(2,3)16(21)12-10-8-6-4-5-7-9-11-15-20-17(22)13-14-18(20)23/h13-14H,4-12,15H2,1-3H3. The van der Waals surface area contributed by atoms with Crippen molar-refractivity contribution in [2.45, 2.75) is 78.6 Å². The number of Topliss-reactive ketones (excluding diaryl/α,β-unsaturated/α-hetero) is 1. The van der Waals surface area contributed by atoms with Crippen molar-refractivity contribution in [3.05, 3.63) is 12.2 Å². The lowest BCUT2D eigenvalue weighted by atomic mass is 9.88. The van der Waals surface area contributed by atoms with E-state index in [0.29, 0.717) is 18.7 Å². The van der Waals surface area contributed by atoms with Gasteiger partial charge in [0, 0.05) is 30.5 Å². The number of carbonyl (C=O) groups is 3. The van der Waals surface area contributed by atoms with Gasteiger partial charge in [-0.15, -0.1) is 0 Å². The van der Waals surface area contributed by atoms with Crippen LogP contribution in [0.4, 0.5) is 0 Å². The summed E-state index contributed by atoms with van der Waals surface area (Å²) in [5, 5.41) is 0. The monoisotopic (exact) mass is 321 g/mol. The third-order valence-corrected chi connectivity index (χ3v) is 4.27. The van der Waals surface area contributed by atoms with E-state index in [2.05, 4.69) is 0 Å². The minimum absolute atomic E-state index is 0.181. The number of amides is 2. The predicted molar refractivity (Wildman–Crippen MR) is 91.9 cm³/mol. The number of nitrogens with zero attached hydrogens (tertiary/aromatic N) is 1. The van der Waals surface area contributed by atoms with Crippen LogP contribution in [0, 0.1) is 5.41 Å². The molecule has 0 spiro atoms. The molecule has 0 aliphatic carbocycles. The fourth-order valence-electron chi connectivity index (χ4n) is 2.64. The molecule has 0 unspecified atom stereocenters. The molecule has 0 aromatic heterocycles. The Labute approximate surface area is 140 Å². The molecule has 1 rings (SSSR count). The van der Waals surface area contributed by atoms with E-state index in [9.17, 15) is 14.4 Å². The van der Waals surface area contributed by atoms with Crippen LogP contribution in [-0.2, 0) is 14.4 Å². The van der Waals surface area contributed by atoms with Crippen molar-refractivity contribution in [3.63, 3.8) is 0 Å². The molecule has 1 aliphatic heterocycles. The molecule has 0 atom stereocenters. The SMILES string of the molecule is CC(C)(C)C(=O)CCCCCCCCCCN1C(=O)C=CC1=O. The van der Waals surface area contributed by atoms with Crippen LogP contribution >= 0.6 is 0 Å². The Bertz CT molecular complexity index is 428. The molecule has 0 aromatic carbocycles. The topological polar surface area (TPSA) is 54.5 Å². The third kappa shape index (κ3) is 7.58. The summed E-state index contributed by atoms with van der Waals surface area (Å²) in [4.78, 5) is 35.8. The highest BCUT2D eigenvalue weighted by Crippen LogP contribution is 2.19. The Balaban J connectivity index is 1.90. The maximum atomic E-state index is 11.8. The lowest BCUT2D eigenvalue weighted by molar-refractivity contribution is -0.136. The first kappa shape index (κ1) is 19.6. The lowest BCUT2D eigenvalue weighted by Crippen LogP contribution is -2.30. The smallest absolute Gasteiger partial charge is 0.253 e. The molecule has 0 aromatic rings. The number of ketones is 1. The van der Waals surface area contributed by atoms with Crippen molar-refractivity contribution in [3.8, 4) is 0 Å². The van der Waals surface area contributed by atoms with E-state index in [1.54, 1.807) is 0 Å². The van der Waals surface area contributed by atoms with E-state index in [0.717, 1.165) is 32.1 Å². The summed E-state index contributed by atoms with van der Waals surface area (Å²) in [5.74, 6) is -0.00222. The van der Waals surface area contributed by atoms with Crippen molar-refractivity contribution < 1.29 is 14.4 Å². The number of carbonyl (C=O) groups excluding carboxylic acids is 3. The zero-order valence-corrected chi connectivity index (χ0v) is 14.9. The first-order valence-electron chi connectivity index (χ1n) is 8.89. The van der Waals surface area contributed by atoms with E-state index in [1.165, 1.54) is 36.3 Å². The molecule has 0 radical (unpaired) electrons. The fraction of sp³-hybridized carbons (Fsp3) is 0.737. The molecule has 130 valence electrons. The number of hydrogen-bond acceptors (Lipinski definition) is 3. The highest BCUT2D eigenvalue weighted by atomic mass is 16.2.